The third kappa shape index (κ3) is 3.81. The Hall–Kier alpha value is -0.120. The third-order valence-corrected chi connectivity index (χ3v) is 12.0. The Balaban J connectivity index is 1.54. The van der Waals surface area contributed by atoms with Gasteiger partial charge in [-0.2, -0.15) is 0 Å². The van der Waals surface area contributed by atoms with Crippen LogP contribution in [0, 0.1) is 58.2 Å². The maximum atomic E-state index is 13.3. The maximum absolute atomic E-state index is 13.3. The lowest BCUT2D eigenvalue weighted by molar-refractivity contribution is -0.156. The van der Waals surface area contributed by atoms with Gasteiger partial charge in [0.05, 0.1) is 12.2 Å². The quantitative estimate of drug-likeness (QED) is 0.482. The minimum atomic E-state index is -0.681. The van der Waals surface area contributed by atoms with Crippen molar-refractivity contribution in [2.45, 2.75) is 110 Å². The maximum Gasteiger partial charge on any atom is 0.136 e. The molecule has 0 radical (unpaired) electrons. The molecule has 2 N–H and O–H groups in total. The van der Waals surface area contributed by atoms with Crippen LogP contribution in [0.15, 0.2) is 0 Å². The predicted octanol–water partition coefficient (Wildman–Crippen LogP) is 6.08. The predicted molar refractivity (Wildman–Crippen MR) is 130 cm³/mol. The van der Waals surface area contributed by atoms with Crippen molar-refractivity contribution in [2.24, 2.45) is 58.2 Å². The highest BCUT2D eigenvalue weighted by molar-refractivity contribution is 6.20. The van der Waals surface area contributed by atoms with Crippen LogP contribution in [0.3, 0.4) is 0 Å². The van der Waals surface area contributed by atoms with Crippen molar-refractivity contribution in [2.75, 3.05) is 0 Å². The number of hydrogen-bond donors (Lipinski definition) is 2. The fraction of sp³-hybridized carbons (Fsp3) is 0.964. The highest BCUT2D eigenvalue weighted by Gasteiger charge is 2.62. The minimum Gasteiger partial charge on any atom is -0.390 e. The van der Waals surface area contributed by atoms with E-state index >= 15 is 0 Å². The lowest BCUT2D eigenvalue weighted by Gasteiger charge is -2.60. The largest absolute Gasteiger partial charge is 0.390 e. The van der Waals surface area contributed by atoms with Crippen molar-refractivity contribution >= 4 is 17.4 Å². The molecule has 12 atom stereocenters. The zero-order valence-corrected chi connectivity index (χ0v) is 21.9. The summed E-state index contributed by atoms with van der Waals surface area (Å²) >= 11 is 6.50. The van der Waals surface area contributed by atoms with Crippen LogP contribution in [-0.2, 0) is 4.79 Å². The summed E-state index contributed by atoms with van der Waals surface area (Å²) in [6.07, 6.45) is 7.08. The van der Waals surface area contributed by atoms with E-state index < -0.39 is 12.2 Å². The normalized spacial score (nSPS) is 47.9. The molecule has 0 aromatic carbocycles. The van der Waals surface area contributed by atoms with Gasteiger partial charge in [-0.05, 0) is 97.2 Å². The van der Waals surface area contributed by atoms with Gasteiger partial charge >= 0.3 is 0 Å². The summed E-state index contributed by atoms with van der Waals surface area (Å²) in [5, 5.41) is 22.2. The molecule has 4 rings (SSSR count). The van der Waals surface area contributed by atoms with Crippen LogP contribution in [0.25, 0.3) is 0 Å². The average molecular weight is 467 g/mol. The van der Waals surface area contributed by atoms with Crippen LogP contribution >= 0.6 is 11.6 Å². The number of rotatable bonds is 5. The van der Waals surface area contributed by atoms with Gasteiger partial charge in [-0.25, -0.2) is 0 Å². The van der Waals surface area contributed by atoms with Gasteiger partial charge in [0.25, 0.3) is 0 Å². The molecule has 4 heteroatoms. The minimum absolute atomic E-state index is 0.0760. The summed E-state index contributed by atoms with van der Waals surface area (Å²) in [6.45, 7) is 13.3. The summed E-state index contributed by atoms with van der Waals surface area (Å²) in [4.78, 5) is 13.3. The van der Waals surface area contributed by atoms with E-state index in [0.717, 1.165) is 32.1 Å². The Morgan fingerprint density at radius 3 is 2.19 bits per heavy atom. The van der Waals surface area contributed by atoms with Gasteiger partial charge in [-0.1, -0.05) is 41.5 Å². The van der Waals surface area contributed by atoms with Crippen molar-refractivity contribution in [3.63, 3.8) is 0 Å². The molecule has 4 saturated carbocycles. The molecular formula is C28H47ClO3. The second-order valence-corrected chi connectivity index (χ2v) is 13.8. The molecule has 0 aliphatic heterocycles. The van der Waals surface area contributed by atoms with E-state index in [0.29, 0.717) is 35.4 Å². The first-order chi connectivity index (χ1) is 14.9. The molecule has 0 spiro atoms. The van der Waals surface area contributed by atoms with Crippen LogP contribution < -0.4 is 0 Å². The monoisotopic (exact) mass is 466 g/mol. The van der Waals surface area contributed by atoms with Gasteiger partial charge in [-0.3, -0.25) is 4.79 Å². The van der Waals surface area contributed by atoms with Crippen LogP contribution in [0.2, 0.25) is 0 Å². The lowest BCUT2D eigenvalue weighted by atomic mass is 9.44. The molecule has 184 valence electrons. The first-order valence-electron chi connectivity index (χ1n) is 13.4. The van der Waals surface area contributed by atoms with E-state index in [2.05, 4.69) is 41.5 Å². The third-order valence-electron chi connectivity index (χ3n) is 11.6. The van der Waals surface area contributed by atoms with Crippen molar-refractivity contribution in [1.82, 2.24) is 0 Å². The number of alkyl halides is 1. The Morgan fingerprint density at radius 1 is 0.906 bits per heavy atom. The number of ketones is 1. The zero-order valence-electron chi connectivity index (χ0n) is 21.2. The number of aliphatic hydroxyl groups is 2. The number of hydrogen-bond acceptors (Lipinski definition) is 3. The zero-order chi connectivity index (χ0) is 23.6. The molecule has 0 saturated heterocycles. The van der Waals surface area contributed by atoms with Crippen LogP contribution in [-0.4, -0.2) is 33.6 Å². The van der Waals surface area contributed by atoms with E-state index in [9.17, 15) is 15.0 Å². The fourth-order valence-electron chi connectivity index (χ4n) is 9.15. The molecule has 0 unspecified atom stereocenters. The van der Waals surface area contributed by atoms with Crippen molar-refractivity contribution in [3.05, 3.63) is 0 Å². The van der Waals surface area contributed by atoms with E-state index in [4.69, 9.17) is 11.6 Å². The van der Waals surface area contributed by atoms with Gasteiger partial charge < -0.3 is 10.2 Å². The number of fused-ring (bicyclic) bond motifs is 5. The van der Waals surface area contributed by atoms with Gasteiger partial charge in [-0.15, -0.1) is 11.6 Å². The fourth-order valence-corrected chi connectivity index (χ4v) is 9.44. The summed E-state index contributed by atoms with van der Waals surface area (Å²) in [5.74, 6) is 3.24. The Bertz CT molecular complexity index is 709. The molecule has 0 bridgehead atoms. The standard InChI is InChI=1S/C28H47ClO3/c1-15(2)16(3)25(31)26(32)17(4)20-7-8-21-19-14-24(30)23-13-18(29)9-11-28(23,6)22(19)10-12-27(20,21)5/h15-23,25-26,31-32H,7-14H2,1-6H3/t16-,17+,18+,19+,20-,21+,22+,23-,25+,26+,27-,28-/m1/s1. The second-order valence-electron chi connectivity index (χ2n) is 13.1. The molecule has 0 aromatic rings. The topological polar surface area (TPSA) is 57.5 Å². The smallest absolute Gasteiger partial charge is 0.136 e. The Labute approximate surface area is 201 Å². The van der Waals surface area contributed by atoms with Gasteiger partial charge in [0.15, 0.2) is 0 Å². The van der Waals surface area contributed by atoms with Gasteiger partial charge in [0.1, 0.15) is 5.78 Å². The number of aliphatic hydroxyl groups excluding tert-OH is 2. The van der Waals surface area contributed by atoms with E-state index in [-0.39, 0.29) is 34.0 Å². The van der Waals surface area contributed by atoms with E-state index in [1.807, 2.05) is 0 Å². The second kappa shape index (κ2) is 8.83. The molecule has 4 aliphatic carbocycles. The van der Waals surface area contributed by atoms with Crippen molar-refractivity contribution < 1.29 is 15.0 Å². The highest BCUT2D eigenvalue weighted by atomic mass is 35.5. The molecule has 0 heterocycles. The lowest BCUT2D eigenvalue weighted by Crippen LogP contribution is -2.57. The molecular weight excluding hydrogens is 420 g/mol. The van der Waals surface area contributed by atoms with Crippen LogP contribution in [0.1, 0.15) is 92.9 Å². The molecule has 3 nitrogen and oxygen atoms in total. The van der Waals surface area contributed by atoms with E-state index in [1.54, 1.807) is 0 Å². The van der Waals surface area contributed by atoms with Crippen molar-refractivity contribution in [1.29, 1.82) is 0 Å². The summed E-state index contributed by atoms with van der Waals surface area (Å²) in [5.41, 5.74) is 0.286. The summed E-state index contributed by atoms with van der Waals surface area (Å²) in [7, 11) is 0. The molecule has 4 fully saturated rings. The first kappa shape index (κ1) is 25.0. The number of Topliss-reactive ketones (excluding diaryl/α,β-unsaturated/α-hetero) is 1. The first-order valence-corrected chi connectivity index (χ1v) is 13.9. The van der Waals surface area contributed by atoms with Gasteiger partial charge in [0, 0.05) is 17.7 Å². The summed E-state index contributed by atoms with van der Waals surface area (Å²) in [6, 6.07) is 0. The SMILES string of the molecule is CC(C)[C@@H](C)[C@H](O)[C@@H](O)[C@@H](C)[C@H]1CC[C@H]2[C@@H]3CC(=O)[C@H]4C[C@@H](Cl)CC[C@]4(C)[C@H]3CC[C@]12C. The van der Waals surface area contributed by atoms with Gasteiger partial charge in [0.2, 0.25) is 0 Å². The summed E-state index contributed by atoms with van der Waals surface area (Å²) < 4.78 is 0. The number of carbonyl (C=O) groups excluding carboxylic acids is 1. The molecule has 32 heavy (non-hydrogen) atoms. The number of carbonyl (C=O) groups is 1. The van der Waals surface area contributed by atoms with Crippen LogP contribution in [0.5, 0.6) is 0 Å². The van der Waals surface area contributed by atoms with Crippen LogP contribution in [0.4, 0.5) is 0 Å². The number of halogens is 1. The Kier molecular flexibility index (Phi) is 6.89. The molecule has 0 amide bonds. The molecule has 0 aromatic heterocycles. The average Bonchev–Trinajstić information content (AvgIpc) is 3.10. The van der Waals surface area contributed by atoms with Crippen molar-refractivity contribution in [3.8, 4) is 0 Å². The Morgan fingerprint density at radius 2 is 1.53 bits per heavy atom. The molecule has 4 aliphatic rings. The van der Waals surface area contributed by atoms with E-state index in [1.165, 1.54) is 19.3 Å². The highest BCUT2D eigenvalue weighted by Crippen LogP contribution is 2.68.